The Balaban J connectivity index is 5.77. The molecule has 0 spiro atoms. The van der Waals surface area contributed by atoms with Gasteiger partial charge in [-0.1, -0.05) is 121 Å². The van der Waals surface area contributed by atoms with E-state index in [-0.39, 0.29) is 0 Å². The lowest BCUT2D eigenvalue weighted by Crippen LogP contribution is -2.38. The van der Waals surface area contributed by atoms with Crippen molar-refractivity contribution in [3.63, 3.8) is 0 Å². The minimum atomic E-state index is 0.869. The minimum Gasteiger partial charge on any atom is -0.0651 e. The van der Waals surface area contributed by atoms with Crippen LogP contribution >= 0.6 is 0 Å². The summed E-state index contributed by atoms with van der Waals surface area (Å²) in [6, 6.07) is 0. The van der Waals surface area contributed by atoms with Crippen molar-refractivity contribution in [3.05, 3.63) is 0 Å². The molecule has 0 aromatic carbocycles. The molecule has 158 valence electrons. The maximum Gasteiger partial charge on any atom is -0.0355 e. The molecular formula is C26H54. The van der Waals surface area contributed by atoms with Crippen LogP contribution in [0.1, 0.15) is 121 Å². The average molecular weight is 367 g/mol. The number of rotatable bonds is 15. The van der Waals surface area contributed by atoms with E-state index in [1.54, 1.807) is 0 Å². The molecule has 0 heteroatoms. The standard InChI is InChI=1S/C26H54/c1-11-19(9)21(13-3)23(15-5)25(17-7)26(18-8)24(16-6)22(14-4)20(10)12-2/h19-26H,11-18H2,1-10H3. The topological polar surface area (TPSA) is 0 Å². The molecule has 0 N–H and O–H groups in total. The Morgan fingerprint density at radius 1 is 0.308 bits per heavy atom. The number of hydrogen-bond acceptors (Lipinski definition) is 0. The Bertz CT molecular complexity index is 288. The highest BCUT2D eigenvalue weighted by Gasteiger charge is 2.38. The van der Waals surface area contributed by atoms with Crippen molar-refractivity contribution in [1.82, 2.24) is 0 Å². The van der Waals surface area contributed by atoms with Crippen molar-refractivity contribution in [3.8, 4) is 0 Å². The summed E-state index contributed by atoms with van der Waals surface area (Å²) in [5.74, 6) is 7.19. The second-order valence-electron chi connectivity index (χ2n) is 9.20. The Morgan fingerprint density at radius 3 is 0.654 bits per heavy atom. The van der Waals surface area contributed by atoms with Crippen molar-refractivity contribution < 1.29 is 0 Å². The maximum absolute atomic E-state index is 2.51. The summed E-state index contributed by atoms with van der Waals surface area (Å²) in [5, 5.41) is 0. The fourth-order valence-corrected chi connectivity index (χ4v) is 6.55. The molecular weight excluding hydrogens is 312 g/mol. The quantitative estimate of drug-likeness (QED) is 0.271. The lowest BCUT2D eigenvalue weighted by Gasteiger charge is -2.45. The highest BCUT2D eigenvalue weighted by Crippen LogP contribution is 2.46. The van der Waals surface area contributed by atoms with Crippen LogP contribution < -0.4 is 0 Å². The largest absolute Gasteiger partial charge is 0.0651 e. The second kappa shape index (κ2) is 14.1. The minimum absolute atomic E-state index is 0.869. The van der Waals surface area contributed by atoms with Crippen molar-refractivity contribution in [2.24, 2.45) is 47.3 Å². The molecule has 0 saturated carbocycles. The average Bonchev–Trinajstić information content (AvgIpc) is 2.68. The number of hydrogen-bond donors (Lipinski definition) is 0. The van der Waals surface area contributed by atoms with Crippen LogP contribution in [0.15, 0.2) is 0 Å². The Hall–Kier alpha value is 0. The van der Waals surface area contributed by atoms with Crippen molar-refractivity contribution in [2.45, 2.75) is 121 Å². The highest BCUT2D eigenvalue weighted by molar-refractivity contribution is 4.87. The van der Waals surface area contributed by atoms with Gasteiger partial charge in [-0.3, -0.25) is 0 Å². The predicted molar refractivity (Wildman–Crippen MR) is 122 cm³/mol. The molecule has 26 heavy (non-hydrogen) atoms. The molecule has 0 saturated heterocycles. The van der Waals surface area contributed by atoms with E-state index in [4.69, 9.17) is 0 Å². The van der Waals surface area contributed by atoms with Crippen molar-refractivity contribution in [2.75, 3.05) is 0 Å². The van der Waals surface area contributed by atoms with E-state index >= 15 is 0 Å². The first-order valence-electron chi connectivity index (χ1n) is 12.4. The summed E-state index contributed by atoms with van der Waals surface area (Å²) >= 11 is 0. The van der Waals surface area contributed by atoms with Crippen LogP contribution in [0, 0.1) is 47.3 Å². The molecule has 0 aromatic rings. The van der Waals surface area contributed by atoms with E-state index in [2.05, 4.69) is 69.2 Å². The summed E-state index contributed by atoms with van der Waals surface area (Å²) in [4.78, 5) is 0. The first-order chi connectivity index (χ1) is 12.4. The van der Waals surface area contributed by atoms with E-state index in [0.29, 0.717) is 0 Å². The highest BCUT2D eigenvalue weighted by atomic mass is 14.4. The summed E-state index contributed by atoms with van der Waals surface area (Å²) in [7, 11) is 0. The lowest BCUT2D eigenvalue weighted by molar-refractivity contribution is 0.0409. The third-order valence-corrected chi connectivity index (χ3v) is 8.33. The maximum atomic E-state index is 2.51. The zero-order chi connectivity index (χ0) is 20.3. The van der Waals surface area contributed by atoms with E-state index in [1.807, 2.05) is 0 Å². The van der Waals surface area contributed by atoms with Crippen LogP contribution in [0.4, 0.5) is 0 Å². The molecule has 0 aliphatic carbocycles. The van der Waals surface area contributed by atoms with Gasteiger partial charge < -0.3 is 0 Å². The van der Waals surface area contributed by atoms with Crippen molar-refractivity contribution in [1.29, 1.82) is 0 Å². The van der Waals surface area contributed by atoms with Gasteiger partial charge in [0.1, 0.15) is 0 Å². The van der Waals surface area contributed by atoms with Crippen LogP contribution in [-0.4, -0.2) is 0 Å². The summed E-state index contributed by atoms with van der Waals surface area (Å²) < 4.78 is 0. The third kappa shape index (κ3) is 6.56. The lowest BCUT2D eigenvalue weighted by atomic mass is 9.60. The first kappa shape index (κ1) is 26.0. The monoisotopic (exact) mass is 366 g/mol. The van der Waals surface area contributed by atoms with Gasteiger partial charge in [-0.15, -0.1) is 0 Å². The van der Waals surface area contributed by atoms with Crippen LogP contribution in [0.5, 0.6) is 0 Å². The second-order valence-corrected chi connectivity index (χ2v) is 9.20. The van der Waals surface area contributed by atoms with Gasteiger partial charge in [0.25, 0.3) is 0 Å². The Labute approximate surface area is 168 Å². The van der Waals surface area contributed by atoms with Crippen LogP contribution in [0.3, 0.4) is 0 Å². The normalized spacial score (nSPS) is 21.5. The Kier molecular flexibility index (Phi) is 14.1. The summed E-state index contributed by atoms with van der Waals surface area (Å²) in [6.45, 7) is 24.6. The van der Waals surface area contributed by atoms with Gasteiger partial charge >= 0.3 is 0 Å². The van der Waals surface area contributed by atoms with Crippen molar-refractivity contribution >= 4 is 0 Å². The fourth-order valence-electron chi connectivity index (χ4n) is 6.55. The summed E-state index contributed by atoms with van der Waals surface area (Å²) in [6.07, 6.45) is 10.9. The smallest absolute Gasteiger partial charge is 0.0355 e. The molecule has 0 aromatic heterocycles. The zero-order valence-corrected chi connectivity index (χ0v) is 20.3. The van der Waals surface area contributed by atoms with E-state index in [1.165, 1.54) is 51.4 Å². The SMILES string of the molecule is CCC(C)C(CC)C(CC)C(CC)C(CC)C(CC)C(CC)C(C)CC. The van der Waals surface area contributed by atoms with E-state index in [9.17, 15) is 0 Å². The van der Waals surface area contributed by atoms with Gasteiger partial charge in [-0.2, -0.15) is 0 Å². The predicted octanol–water partition coefficient (Wildman–Crippen LogP) is 9.24. The molecule has 0 bridgehead atoms. The van der Waals surface area contributed by atoms with E-state index < -0.39 is 0 Å². The molecule has 0 rings (SSSR count). The first-order valence-corrected chi connectivity index (χ1v) is 12.4. The van der Waals surface area contributed by atoms with Crippen LogP contribution in [-0.2, 0) is 0 Å². The fraction of sp³-hybridized carbons (Fsp3) is 1.00. The van der Waals surface area contributed by atoms with Crippen LogP contribution in [0.2, 0.25) is 0 Å². The molecule has 0 aliphatic heterocycles. The van der Waals surface area contributed by atoms with Gasteiger partial charge in [0, 0.05) is 0 Å². The Morgan fingerprint density at radius 2 is 0.500 bits per heavy atom. The molecule has 8 unspecified atom stereocenters. The third-order valence-electron chi connectivity index (χ3n) is 8.33. The molecule has 0 aliphatic rings. The van der Waals surface area contributed by atoms with Crippen LogP contribution in [0.25, 0.3) is 0 Å². The zero-order valence-electron chi connectivity index (χ0n) is 20.3. The van der Waals surface area contributed by atoms with Gasteiger partial charge in [-0.25, -0.2) is 0 Å². The molecule has 0 amide bonds. The van der Waals surface area contributed by atoms with Gasteiger partial charge in [-0.05, 0) is 47.3 Å². The molecule has 0 fully saturated rings. The van der Waals surface area contributed by atoms with Gasteiger partial charge in [0.05, 0.1) is 0 Å². The van der Waals surface area contributed by atoms with Gasteiger partial charge in [0.15, 0.2) is 0 Å². The molecule has 0 nitrogen and oxygen atoms in total. The molecule has 0 heterocycles. The molecule has 0 radical (unpaired) electrons. The molecule has 8 atom stereocenters. The summed E-state index contributed by atoms with van der Waals surface area (Å²) in [5.41, 5.74) is 0. The van der Waals surface area contributed by atoms with E-state index in [0.717, 1.165) is 47.3 Å². The van der Waals surface area contributed by atoms with Gasteiger partial charge in [0.2, 0.25) is 0 Å².